The number of ether oxygens (including phenoxy) is 2. The van der Waals surface area contributed by atoms with Crippen molar-refractivity contribution in [3.8, 4) is 5.75 Å². The molecule has 0 bridgehead atoms. The van der Waals surface area contributed by atoms with Crippen LogP contribution in [0.1, 0.15) is 65.5 Å². The monoisotopic (exact) mass is 562 g/mol. The normalized spacial score (nSPS) is 15.7. The van der Waals surface area contributed by atoms with Gasteiger partial charge in [0.15, 0.2) is 17.1 Å². The smallest absolute Gasteiger partial charge is 0.341 e. The fourth-order valence-electron chi connectivity index (χ4n) is 4.44. The lowest BCUT2D eigenvalue weighted by Crippen LogP contribution is -2.17. The number of halogens is 1. The lowest BCUT2D eigenvalue weighted by molar-refractivity contribution is -0.113. The van der Waals surface area contributed by atoms with E-state index in [1.54, 1.807) is 6.07 Å². The minimum Gasteiger partial charge on any atom is -0.482 e. The Morgan fingerprint density at radius 2 is 2.14 bits per heavy atom. The first-order valence-corrected chi connectivity index (χ1v) is 14.4. The van der Waals surface area contributed by atoms with Crippen LogP contribution < -0.4 is 10.1 Å². The molecule has 2 unspecified atom stereocenters. The quantitative estimate of drug-likeness (QED) is 0.248. The standard InChI is InChI=1S/C26H31ClN4O4S2/c1-6-31-23(16(4)35-19-10-8-17(27)12-15(19)3)29-30-26(31)36-13-21(32)28-24-22(25(33)34-5)18-9-7-14(2)11-20(18)37-24/h8,10,12,14,16H,6-7,9,11,13H2,1-5H3,(H,28,32). The lowest BCUT2D eigenvalue weighted by Gasteiger charge is -2.18. The number of benzene rings is 1. The van der Waals surface area contributed by atoms with Crippen LogP contribution in [-0.4, -0.2) is 39.5 Å². The fraction of sp³-hybridized carbons (Fsp3) is 0.462. The lowest BCUT2D eigenvalue weighted by atomic mass is 9.88. The molecular weight excluding hydrogens is 532 g/mol. The number of rotatable bonds is 9. The Kier molecular flexibility index (Phi) is 8.82. The van der Waals surface area contributed by atoms with Gasteiger partial charge in [0.05, 0.1) is 18.4 Å². The first kappa shape index (κ1) is 27.5. The fourth-order valence-corrected chi connectivity index (χ4v) is 6.89. The Morgan fingerprint density at radius 1 is 1.35 bits per heavy atom. The van der Waals surface area contributed by atoms with Gasteiger partial charge in [-0.15, -0.1) is 21.5 Å². The average Bonchev–Trinajstić information content (AvgIpc) is 3.44. The van der Waals surface area contributed by atoms with Gasteiger partial charge >= 0.3 is 5.97 Å². The first-order chi connectivity index (χ1) is 17.7. The summed E-state index contributed by atoms with van der Waals surface area (Å²) in [5, 5.41) is 13.4. The maximum Gasteiger partial charge on any atom is 0.341 e. The van der Waals surface area contributed by atoms with E-state index >= 15 is 0 Å². The maximum atomic E-state index is 12.9. The molecule has 37 heavy (non-hydrogen) atoms. The first-order valence-electron chi connectivity index (χ1n) is 12.2. The number of carbonyl (C=O) groups excluding carboxylic acids is 2. The van der Waals surface area contributed by atoms with Crippen molar-refractivity contribution in [3.63, 3.8) is 0 Å². The molecule has 8 nitrogen and oxygen atoms in total. The zero-order chi connectivity index (χ0) is 26.7. The van der Waals surface area contributed by atoms with Gasteiger partial charge in [0.25, 0.3) is 0 Å². The number of nitrogens with one attached hydrogen (secondary N) is 1. The van der Waals surface area contributed by atoms with Crippen LogP contribution in [0.2, 0.25) is 5.02 Å². The third-order valence-electron chi connectivity index (χ3n) is 6.35. The van der Waals surface area contributed by atoms with Gasteiger partial charge in [0.1, 0.15) is 10.8 Å². The van der Waals surface area contributed by atoms with Gasteiger partial charge < -0.3 is 19.4 Å². The van der Waals surface area contributed by atoms with Gasteiger partial charge in [-0.1, -0.05) is 30.3 Å². The summed E-state index contributed by atoms with van der Waals surface area (Å²) >= 11 is 8.83. The summed E-state index contributed by atoms with van der Waals surface area (Å²) in [6.45, 7) is 8.68. The summed E-state index contributed by atoms with van der Waals surface area (Å²) in [4.78, 5) is 26.6. The number of aromatic nitrogens is 3. The van der Waals surface area contributed by atoms with E-state index in [1.807, 2.05) is 37.5 Å². The van der Waals surface area contributed by atoms with Gasteiger partial charge in [-0.05, 0) is 75.3 Å². The Bertz CT molecular complexity index is 1310. The number of thiophene rings is 1. The molecule has 2 aromatic heterocycles. The van der Waals surface area contributed by atoms with Crippen LogP contribution in [0.5, 0.6) is 5.75 Å². The molecule has 0 aliphatic heterocycles. The van der Waals surface area contributed by atoms with Crippen molar-refractivity contribution < 1.29 is 19.1 Å². The van der Waals surface area contributed by atoms with E-state index in [2.05, 4.69) is 22.4 Å². The number of esters is 1. The predicted octanol–water partition coefficient (Wildman–Crippen LogP) is 6.10. The summed E-state index contributed by atoms with van der Waals surface area (Å²) in [5.41, 5.74) is 2.44. The Balaban J connectivity index is 1.44. The van der Waals surface area contributed by atoms with E-state index in [0.29, 0.717) is 39.0 Å². The largest absolute Gasteiger partial charge is 0.482 e. The molecule has 2 atom stereocenters. The molecule has 0 saturated carbocycles. The number of amides is 1. The van der Waals surface area contributed by atoms with Crippen LogP contribution in [0.4, 0.5) is 5.00 Å². The van der Waals surface area contributed by atoms with Crippen molar-refractivity contribution in [2.24, 2.45) is 5.92 Å². The van der Waals surface area contributed by atoms with Gasteiger partial charge in [-0.2, -0.15) is 0 Å². The maximum absolute atomic E-state index is 12.9. The minimum atomic E-state index is -0.407. The SMILES string of the molecule is CCn1c(SCC(=O)Nc2sc3c(c2C(=O)OC)CCC(C)C3)nnc1C(C)Oc1ccc(Cl)cc1C. The second-order valence-electron chi connectivity index (χ2n) is 9.14. The van der Waals surface area contributed by atoms with E-state index in [4.69, 9.17) is 21.1 Å². The molecule has 0 spiro atoms. The summed E-state index contributed by atoms with van der Waals surface area (Å²) in [5.74, 6) is 1.47. The molecule has 1 N–H and O–H groups in total. The van der Waals surface area contributed by atoms with Crippen molar-refractivity contribution >= 4 is 51.6 Å². The highest BCUT2D eigenvalue weighted by Crippen LogP contribution is 2.40. The number of fused-ring (bicyclic) bond motifs is 1. The van der Waals surface area contributed by atoms with Crippen LogP contribution in [0.15, 0.2) is 23.4 Å². The second-order valence-corrected chi connectivity index (χ2v) is 11.6. The molecule has 198 valence electrons. The highest BCUT2D eigenvalue weighted by molar-refractivity contribution is 7.99. The second kappa shape index (κ2) is 11.9. The number of methoxy groups -OCH3 is 1. The molecule has 3 aromatic rings. The number of carbonyl (C=O) groups is 2. The van der Waals surface area contributed by atoms with Crippen molar-refractivity contribution in [3.05, 3.63) is 50.6 Å². The topological polar surface area (TPSA) is 95.3 Å². The molecule has 4 rings (SSSR count). The highest BCUT2D eigenvalue weighted by Gasteiger charge is 2.29. The number of nitrogens with zero attached hydrogens (tertiary/aromatic N) is 3. The number of anilines is 1. The van der Waals surface area contributed by atoms with Crippen LogP contribution in [0.25, 0.3) is 0 Å². The van der Waals surface area contributed by atoms with Crippen LogP contribution in [0.3, 0.4) is 0 Å². The third-order valence-corrected chi connectivity index (χ3v) is 8.72. The summed E-state index contributed by atoms with van der Waals surface area (Å²) in [6.07, 6.45) is 2.40. The minimum absolute atomic E-state index is 0.128. The highest BCUT2D eigenvalue weighted by atomic mass is 35.5. The zero-order valence-electron chi connectivity index (χ0n) is 21.6. The number of aryl methyl sites for hydroxylation is 1. The van der Waals surface area contributed by atoms with Crippen molar-refractivity contribution in [2.75, 3.05) is 18.2 Å². The molecule has 1 aliphatic carbocycles. The Hall–Kier alpha value is -2.56. The molecule has 1 aromatic carbocycles. The predicted molar refractivity (Wildman–Crippen MR) is 147 cm³/mol. The Morgan fingerprint density at radius 3 is 2.84 bits per heavy atom. The molecular formula is C26H31ClN4O4S2. The molecule has 0 radical (unpaired) electrons. The Labute approximate surface area is 230 Å². The molecule has 11 heteroatoms. The van der Waals surface area contributed by atoms with Gasteiger partial charge in [-0.3, -0.25) is 4.79 Å². The zero-order valence-corrected chi connectivity index (χ0v) is 24.0. The summed E-state index contributed by atoms with van der Waals surface area (Å²) < 4.78 is 13.1. The summed E-state index contributed by atoms with van der Waals surface area (Å²) in [6, 6.07) is 5.48. The number of hydrogen-bond donors (Lipinski definition) is 1. The molecule has 1 amide bonds. The van der Waals surface area contributed by atoms with Gasteiger partial charge in [0, 0.05) is 16.4 Å². The van der Waals surface area contributed by atoms with Gasteiger partial charge in [0.2, 0.25) is 5.91 Å². The van der Waals surface area contributed by atoms with E-state index < -0.39 is 5.97 Å². The van der Waals surface area contributed by atoms with Crippen molar-refractivity contribution in [2.45, 2.75) is 64.8 Å². The van der Waals surface area contributed by atoms with Crippen molar-refractivity contribution in [1.82, 2.24) is 14.8 Å². The summed E-state index contributed by atoms with van der Waals surface area (Å²) in [7, 11) is 1.37. The van der Waals surface area contributed by atoms with Crippen LogP contribution in [-0.2, 0) is 28.9 Å². The van der Waals surface area contributed by atoms with E-state index in [9.17, 15) is 9.59 Å². The van der Waals surface area contributed by atoms with E-state index in [1.165, 1.54) is 30.2 Å². The molecule has 2 heterocycles. The molecule has 0 saturated heterocycles. The van der Waals surface area contributed by atoms with Crippen LogP contribution >= 0.6 is 34.7 Å². The van der Waals surface area contributed by atoms with E-state index in [-0.39, 0.29) is 17.8 Å². The number of thioether (sulfide) groups is 1. The van der Waals surface area contributed by atoms with Crippen LogP contribution in [0, 0.1) is 12.8 Å². The van der Waals surface area contributed by atoms with Gasteiger partial charge in [-0.25, -0.2) is 4.79 Å². The number of hydrogen-bond acceptors (Lipinski definition) is 8. The molecule has 1 aliphatic rings. The van der Waals surface area contributed by atoms with E-state index in [0.717, 1.165) is 41.0 Å². The van der Waals surface area contributed by atoms with Crippen molar-refractivity contribution in [1.29, 1.82) is 0 Å². The third kappa shape index (κ3) is 6.13. The molecule has 0 fully saturated rings. The average molecular weight is 563 g/mol.